The molecule has 141 heavy (non-hydrogen) atoms. The summed E-state index contributed by atoms with van der Waals surface area (Å²) in [6, 6.07) is 58.0. The van der Waals surface area contributed by atoms with Gasteiger partial charge in [0, 0.05) is 49.1 Å². The molecule has 0 fully saturated rings. The number of pyridine rings is 6. The zero-order chi connectivity index (χ0) is 99.4. The van der Waals surface area contributed by atoms with Crippen molar-refractivity contribution in [3.63, 3.8) is 0 Å². The van der Waals surface area contributed by atoms with Crippen molar-refractivity contribution in [1.29, 1.82) is 5.26 Å². The first kappa shape index (κ1) is 96.0. The smallest absolute Gasteiger partial charge is 0.387 e. The van der Waals surface area contributed by atoms with Gasteiger partial charge in [-0.3, -0.25) is 28.6 Å². The van der Waals surface area contributed by atoms with Gasteiger partial charge >= 0.3 is 26.4 Å². The first-order chi connectivity index (χ1) is 67.9. The number of halogens is 16. The van der Waals surface area contributed by atoms with Gasteiger partial charge in [0.15, 0.2) is 32.1 Å². The maximum atomic E-state index is 13.7. The number of fused-ring (bicyclic) bond motifs is 7. The molecule has 0 unspecified atom stereocenters. The molecule has 0 aliphatic heterocycles. The number of nitrogens with zero attached hydrogens (tertiary/aromatic N) is 20. The monoisotopic (exact) mass is 1950 g/mol. The molecule has 0 saturated heterocycles. The number of aryl methyl sites for hydroxylation is 1. The summed E-state index contributed by atoms with van der Waals surface area (Å²) in [6.07, 6.45) is -6.14. The molecule has 0 saturated carbocycles. The van der Waals surface area contributed by atoms with E-state index in [1.807, 2.05) is 12.1 Å². The molecule has 19 rings (SSSR count). The normalized spacial score (nSPS) is 11.5. The molecule has 716 valence electrons. The van der Waals surface area contributed by atoms with Crippen LogP contribution in [0, 0.1) is 11.3 Å². The first-order valence-corrected chi connectivity index (χ1v) is 41.0. The van der Waals surface area contributed by atoms with Gasteiger partial charge in [0.2, 0.25) is 23.5 Å². The van der Waals surface area contributed by atoms with Gasteiger partial charge in [-0.05, 0) is 174 Å². The Labute approximate surface area is 777 Å². The van der Waals surface area contributed by atoms with Crippen LogP contribution in [-0.2, 0) is 7.05 Å². The topological polar surface area (TPSA) is 363 Å². The summed E-state index contributed by atoms with van der Waals surface area (Å²) >= 11 is 0. The van der Waals surface area contributed by atoms with Crippen LogP contribution in [0.4, 0.5) is 70.2 Å². The zero-order valence-electron chi connectivity index (χ0n) is 71.5. The molecule has 0 radical (unpaired) electrons. The standard InChI is InChI=1S/C25H16F4N4O3.C23H16F4N6O3.C23H14F4N4O3.C22H14F4N6O3/c26-20(27)13-35-21-10-9-19-23(31-21)22(14-3-6-17(7-4-14)36-25(28)29)24(34)33(32-19)16-5-8-18-15(12-16)2-1-11-30-18;1-32-29-15-7-4-13(10-17(15)30-32)33-22(34)20(12-2-5-14(6-3-12)36-23(26)27)21-16(31-33)8-9-19(28-21)35-11-18(24)25;24-18(25)12-33-19-10-9-17-21(29-19)20(14-3-7-16(8-4-14)34-23(26)27)22(32)31(30-17)15-5-1-13(11-28)2-6-15;23-16(24)10-34-18-8-6-15-20(28-18)19(12-1-4-14(5-2-12)35-22(25)26)21(33)32(30-15)13-3-7-17-29-27-11-31(17)9-13/h1-12,20,25H,13H2;2-10,18,23H,11H2,1H3;1-10,18,23H,12H2;1-9,11,16,22H,10H2. The number of benzene rings is 7. The summed E-state index contributed by atoms with van der Waals surface area (Å²) in [7, 11) is 1.67. The van der Waals surface area contributed by atoms with Gasteiger partial charge < -0.3 is 37.9 Å². The number of hydrogen-bond donors (Lipinski definition) is 0. The highest BCUT2D eigenvalue weighted by atomic mass is 19.3. The Morgan fingerprint density at radius 2 is 0.652 bits per heavy atom. The van der Waals surface area contributed by atoms with E-state index in [9.17, 15) is 89.4 Å². The van der Waals surface area contributed by atoms with Crippen LogP contribution in [-0.4, -0.2) is 172 Å². The van der Waals surface area contributed by atoms with Crippen LogP contribution in [0.1, 0.15) is 5.56 Å². The summed E-state index contributed by atoms with van der Waals surface area (Å²) < 4.78 is 245. The lowest BCUT2D eigenvalue weighted by Crippen LogP contribution is -2.24. The van der Waals surface area contributed by atoms with Crippen molar-refractivity contribution in [2.45, 2.75) is 52.1 Å². The molecule has 0 amide bonds. The van der Waals surface area contributed by atoms with Crippen molar-refractivity contribution >= 4 is 71.7 Å². The van der Waals surface area contributed by atoms with Crippen molar-refractivity contribution in [3.05, 3.63) is 296 Å². The molecular weight excluding hydrogens is 1890 g/mol. The lowest BCUT2D eigenvalue weighted by molar-refractivity contribution is -0.0505. The Morgan fingerprint density at radius 1 is 0.333 bits per heavy atom. The molecule has 7 aromatic carbocycles. The molecule has 12 heterocycles. The first-order valence-electron chi connectivity index (χ1n) is 41.0. The molecule has 0 spiro atoms. The average Bonchev–Trinajstić information content (AvgIpc) is 1.35. The third kappa shape index (κ3) is 22.7. The Morgan fingerprint density at radius 3 is 1.01 bits per heavy atom. The van der Waals surface area contributed by atoms with Crippen LogP contribution in [0.2, 0.25) is 0 Å². The number of aromatic nitrogens is 19. The average molecular weight is 1950 g/mol. The van der Waals surface area contributed by atoms with Crippen molar-refractivity contribution in [2.75, 3.05) is 26.4 Å². The second-order valence-electron chi connectivity index (χ2n) is 29.2. The molecule has 0 N–H and O–H groups in total. The molecule has 32 nitrogen and oxygen atoms in total. The van der Waals surface area contributed by atoms with Crippen LogP contribution in [0.15, 0.2) is 268 Å². The lowest BCUT2D eigenvalue weighted by Gasteiger charge is -2.13. The predicted molar refractivity (Wildman–Crippen MR) is 473 cm³/mol. The third-order valence-electron chi connectivity index (χ3n) is 20.0. The van der Waals surface area contributed by atoms with Crippen LogP contribution in [0.5, 0.6) is 46.5 Å². The number of hydrogen-bond acceptors (Lipinski definition) is 26. The molecule has 0 aliphatic carbocycles. The second kappa shape index (κ2) is 42.4. The SMILES string of the molecule is Cn1nc2ccc(-n3nc4ccc(OCC(F)F)nc4c(-c4ccc(OC(F)F)cc4)c3=O)cc2n1.N#Cc1ccc(-n2nc3ccc(OCC(F)F)nc3c(-c3ccc(OC(F)F)cc3)c2=O)cc1.O=c1c(-c2ccc(OC(F)F)cc2)c2nc(OCC(F)F)ccc2nn1-c1ccc2ncccc2c1.O=c1c(-c2ccc(OC(F)F)cc2)c2nc(OCC(F)F)ccc2nn1-c1ccc2nncn2c1. The Kier molecular flexibility index (Phi) is 28.9. The van der Waals surface area contributed by atoms with Gasteiger partial charge in [-0.2, -0.15) is 94.5 Å². The highest BCUT2D eigenvalue weighted by Gasteiger charge is 2.26. The van der Waals surface area contributed by atoms with Crippen molar-refractivity contribution in [2.24, 2.45) is 7.05 Å². The van der Waals surface area contributed by atoms with Crippen molar-refractivity contribution in [1.82, 2.24) is 93.6 Å². The minimum absolute atomic E-state index is 0.0421. The van der Waals surface area contributed by atoms with Crippen LogP contribution in [0.25, 0.3) is 139 Å². The van der Waals surface area contributed by atoms with E-state index in [0.29, 0.717) is 67.2 Å². The molecule has 48 heteroatoms. The summed E-state index contributed by atoms with van der Waals surface area (Å²) in [5.41, 5.74) is 5.01. The van der Waals surface area contributed by atoms with Gasteiger partial charge in [0.25, 0.3) is 47.9 Å². The highest BCUT2D eigenvalue weighted by molar-refractivity contribution is 5.95. The number of alkyl halides is 16. The van der Waals surface area contributed by atoms with E-state index in [1.165, 1.54) is 186 Å². The minimum Gasteiger partial charge on any atom is -0.472 e. The highest BCUT2D eigenvalue weighted by Crippen LogP contribution is 2.35. The van der Waals surface area contributed by atoms with Crippen molar-refractivity contribution < 1.29 is 108 Å². The van der Waals surface area contributed by atoms with Crippen LogP contribution >= 0.6 is 0 Å². The Balaban J connectivity index is 0.000000135. The third-order valence-corrected chi connectivity index (χ3v) is 20.0. The van der Waals surface area contributed by atoms with E-state index >= 15 is 0 Å². The van der Waals surface area contributed by atoms with E-state index in [2.05, 4.69) is 84.7 Å². The molecule has 0 atom stereocenters. The molecular formula is C93H60F16N20O12. The summed E-state index contributed by atoms with van der Waals surface area (Å²) in [4.78, 5) is 77.0. The van der Waals surface area contributed by atoms with E-state index in [0.717, 1.165) is 24.9 Å². The van der Waals surface area contributed by atoms with E-state index in [4.69, 9.17) is 24.2 Å². The molecule has 12 aromatic heterocycles. The van der Waals surface area contributed by atoms with Crippen LogP contribution in [0.3, 0.4) is 0 Å². The summed E-state index contributed by atoms with van der Waals surface area (Å²) in [5, 5.41) is 43.5. The maximum absolute atomic E-state index is 13.7. The largest absolute Gasteiger partial charge is 0.472 e. The van der Waals surface area contributed by atoms with Gasteiger partial charge in [-0.1, -0.05) is 54.6 Å². The van der Waals surface area contributed by atoms with Gasteiger partial charge in [0.1, 0.15) is 84.5 Å². The minimum atomic E-state index is -3.02. The lowest BCUT2D eigenvalue weighted by atomic mass is 10.1. The zero-order valence-corrected chi connectivity index (χ0v) is 71.5. The molecule has 0 bridgehead atoms. The Hall–Kier alpha value is -18.1. The summed E-state index contributed by atoms with van der Waals surface area (Å²) in [5.74, 6) is -0.907. The fourth-order valence-electron chi connectivity index (χ4n) is 14.1. The number of ether oxygens (including phenoxy) is 8. The van der Waals surface area contributed by atoms with Crippen molar-refractivity contribution in [3.8, 4) is 120 Å². The van der Waals surface area contributed by atoms with Gasteiger partial charge in [-0.15, -0.1) is 10.2 Å². The number of nitriles is 1. The van der Waals surface area contributed by atoms with E-state index in [-0.39, 0.29) is 113 Å². The Bertz CT molecular complexity index is 8100. The fraction of sp³-hybridized carbons (Fsp3) is 0.140. The van der Waals surface area contributed by atoms with Crippen LogP contribution < -0.4 is 60.1 Å². The number of rotatable bonds is 28. The predicted octanol–water partition coefficient (Wildman–Crippen LogP) is 17.5. The maximum Gasteiger partial charge on any atom is 0.387 e. The second-order valence-corrected chi connectivity index (χ2v) is 29.2. The van der Waals surface area contributed by atoms with Gasteiger partial charge in [0.05, 0.1) is 62.2 Å². The summed E-state index contributed by atoms with van der Waals surface area (Å²) in [6.45, 7) is -15.6. The molecule has 0 aliphatic rings. The van der Waals surface area contributed by atoms with Gasteiger partial charge in [-0.25, -0.2) is 55.1 Å². The van der Waals surface area contributed by atoms with E-state index < -0.39 is 101 Å². The fourth-order valence-corrected chi connectivity index (χ4v) is 14.1. The molecule has 19 aromatic rings. The quantitative estimate of drug-likeness (QED) is 0.0411. The van der Waals surface area contributed by atoms with E-state index in [1.54, 1.807) is 78.4 Å².